The van der Waals surface area contributed by atoms with Crippen LogP contribution in [0.3, 0.4) is 0 Å². The van der Waals surface area contributed by atoms with Crippen molar-refractivity contribution in [2.45, 2.75) is 46.2 Å². The molecule has 0 spiro atoms. The highest BCUT2D eigenvalue weighted by Gasteiger charge is 2.31. The molecule has 1 aromatic heterocycles. The van der Waals surface area contributed by atoms with Crippen molar-refractivity contribution in [2.24, 2.45) is 0 Å². The summed E-state index contributed by atoms with van der Waals surface area (Å²) in [6.07, 6.45) is 2.29. The number of para-hydroxylation sites is 1. The van der Waals surface area contributed by atoms with Crippen molar-refractivity contribution < 1.29 is 14.0 Å². The number of nitrogens with zero attached hydrogens (tertiary/aromatic N) is 2. The highest BCUT2D eigenvalue weighted by Crippen LogP contribution is 2.39. The molecule has 1 aliphatic heterocycles. The molecule has 3 rings (SSSR count). The Hall–Kier alpha value is -2.27. The number of ether oxygens (including phenoxy) is 2. The fraction of sp³-hybridized carbons (Fsp3) is 0.476. The second-order valence-electron chi connectivity index (χ2n) is 7.06. The molecule has 0 bridgehead atoms. The Morgan fingerprint density at radius 3 is 2.85 bits per heavy atom. The molecule has 0 amide bonds. The number of hydrogen-bond acceptors (Lipinski definition) is 5. The molecule has 0 saturated carbocycles. The molecule has 1 aliphatic rings. The largest absolute Gasteiger partial charge is 0.493 e. The first-order valence-electron chi connectivity index (χ1n) is 9.11. The molecule has 1 saturated heterocycles. The van der Waals surface area contributed by atoms with Gasteiger partial charge in [0.25, 0.3) is 0 Å². The quantitative estimate of drug-likeness (QED) is 0.679. The van der Waals surface area contributed by atoms with E-state index in [1.54, 1.807) is 7.11 Å². The average molecular weight is 356 g/mol. The van der Waals surface area contributed by atoms with Gasteiger partial charge in [-0.25, -0.2) is 0 Å². The van der Waals surface area contributed by atoms with Crippen molar-refractivity contribution in [1.82, 2.24) is 10.1 Å². The molecule has 0 aliphatic carbocycles. The SMILES string of the molecule is C=C(C)COc1c(CN2CCC[C@@H]2c2c(C)noc2C)cccc1OC. The van der Waals surface area contributed by atoms with Gasteiger partial charge in [0.2, 0.25) is 0 Å². The third kappa shape index (κ3) is 3.78. The average Bonchev–Trinajstić information content (AvgIpc) is 3.19. The number of methoxy groups -OCH3 is 1. The highest BCUT2D eigenvalue weighted by atomic mass is 16.5. The van der Waals surface area contributed by atoms with Crippen LogP contribution in [-0.4, -0.2) is 30.3 Å². The topological polar surface area (TPSA) is 47.7 Å². The van der Waals surface area contributed by atoms with Crippen LogP contribution in [0.1, 0.15) is 48.4 Å². The van der Waals surface area contributed by atoms with E-state index in [-0.39, 0.29) is 0 Å². The second-order valence-corrected chi connectivity index (χ2v) is 7.06. The minimum Gasteiger partial charge on any atom is -0.493 e. The highest BCUT2D eigenvalue weighted by molar-refractivity contribution is 5.47. The van der Waals surface area contributed by atoms with Crippen molar-refractivity contribution in [1.29, 1.82) is 0 Å². The molecule has 1 fully saturated rings. The Kier molecular flexibility index (Phi) is 5.67. The molecule has 1 atom stereocenters. The van der Waals surface area contributed by atoms with E-state index in [0.717, 1.165) is 53.6 Å². The lowest BCUT2D eigenvalue weighted by Crippen LogP contribution is -2.24. The third-order valence-corrected chi connectivity index (χ3v) is 4.90. The molecular formula is C21H28N2O3. The molecule has 5 heteroatoms. The van der Waals surface area contributed by atoms with Crippen LogP contribution < -0.4 is 9.47 Å². The van der Waals surface area contributed by atoms with Gasteiger partial charge in [0.15, 0.2) is 11.5 Å². The van der Waals surface area contributed by atoms with Crippen LogP contribution in [0.5, 0.6) is 11.5 Å². The Bertz CT molecular complexity index is 762. The Morgan fingerprint density at radius 2 is 2.19 bits per heavy atom. The Morgan fingerprint density at radius 1 is 1.38 bits per heavy atom. The van der Waals surface area contributed by atoms with Gasteiger partial charge in [0.05, 0.1) is 12.8 Å². The van der Waals surface area contributed by atoms with E-state index in [9.17, 15) is 0 Å². The number of aromatic nitrogens is 1. The Balaban J connectivity index is 1.86. The van der Waals surface area contributed by atoms with Crippen LogP contribution in [0.4, 0.5) is 0 Å². The number of rotatable bonds is 7. The smallest absolute Gasteiger partial charge is 0.166 e. The zero-order valence-corrected chi connectivity index (χ0v) is 16.2. The van der Waals surface area contributed by atoms with Crippen molar-refractivity contribution in [3.8, 4) is 11.5 Å². The zero-order chi connectivity index (χ0) is 18.7. The summed E-state index contributed by atoms with van der Waals surface area (Å²) in [5, 5.41) is 4.14. The summed E-state index contributed by atoms with van der Waals surface area (Å²) in [5.74, 6) is 2.49. The summed E-state index contributed by atoms with van der Waals surface area (Å²) in [6, 6.07) is 6.40. The maximum Gasteiger partial charge on any atom is 0.166 e. The van der Waals surface area contributed by atoms with Gasteiger partial charge in [0.1, 0.15) is 12.4 Å². The maximum absolute atomic E-state index is 6.02. The predicted octanol–water partition coefficient (Wildman–Crippen LogP) is 4.59. The van der Waals surface area contributed by atoms with Gasteiger partial charge in [0, 0.05) is 23.7 Å². The van der Waals surface area contributed by atoms with E-state index in [2.05, 4.69) is 22.7 Å². The van der Waals surface area contributed by atoms with Gasteiger partial charge in [-0.15, -0.1) is 0 Å². The normalized spacial score (nSPS) is 17.5. The summed E-state index contributed by atoms with van der Waals surface area (Å²) in [4.78, 5) is 2.48. The first kappa shape index (κ1) is 18.5. The first-order chi connectivity index (χ1) is 12.5. The van der Waals surface area contributed by atoms with Gasteiger partial charge < -0.3 is 14.0 Å². The number of hydrogen-bond donors (Lipinski definition) is 0. The van der Waals surface area contributed by atoms with Crippen LogP contribution in [0.25, 0.3) is 0 Å². The van der Waals surface area contributed by atoms with Crippen molar-refractivity contribution in [3.05, 3.63) is 52.9 Å². The van der Waals surface area contributed by atoms with Gasteiger partial charge >= 0.3 is 0 Å². The molecule has 2 aromatic rings. The van der Waals surface area contributed by atoms with Gasteiger partial charge in [-0.2, -0.15) is 0 Å². The summed E-state index contributed by atoms with van der Waals surface area (Å²) < 4.78 is 16.9. The lowest BCUT2D eigenvalue weighted by molar-refractivity contribution is 0.238. The Labute approximate surface area is 155 Å². The maximum atomic E-state index is 6.02. The number of benzene rings is 1. The fourth-order valence-electron chi connectivity index (χ4n) is 3.73. The van der Waals surface area contributed by atoms with Crippen LogP contribution in [0.15, 0.2) is 34.9 Å². The first-order valence-corrected chi connectivity index (χ1v) is 9.11. The molecule has 5 nitrogen and oxygen atoms in total. The summed E-state index contributed by atoms with van der Waals surface area (Å²) in [6.45, 7) is 12.3. The van der Waals surface area contributed by atoms with Crippen LogP contribution in [-0.2, 0) is 6.54 Å². The van der Waals surface area contributed by atoms with E-state index in [0.29, 0.717) is 12.6 Å². The standard InChI is InChI=1S/C21H28N2O3/c1-14(2)13-25-21-17(8-6-10-19(21)24-5)12-23-11-7-9-18(23)20-15(3)22-26-16(20)4/h6,8,10,18H,1,7,9,11-13H2,2-5H3/t18-/m1/s1. The number of likely N-dealkylation sites (tertiary alicyclic amines) is 1. The minimum absolute atomic E-state index is 0.335. The lowest BCUT2D eigenvalue weighted by atomic mass is 10.0. The van der Waals surface area contributed by atoms with E-state index < -0.39 is 0 Å². The van der Waals surface area contributed by atoms with E-state index >= 15 is 0 Å². The fourth-order valence-corrected chi connectivity index (χ4v) is 3.73. The number of aryl methyl sites for hydroxylation is 2. The molecule has 0 unspecified atom stereocenters. The molecule has 0 N–H and O–H groups in total. The predicted molar refractivity (Wildman–Crippen MR) is 102 cm³/mol. The van der Waals surface area contributed by atoms with Gasteiger partial charge in [-0.05, 0) is 51.8 Å². The van der Waals surface area contributed by atoms with Crippen molar-refractivity contribution in [2.75, 3.05) is 20.3 Å². The summed E-state index contributed by atoms with van der Waals surface area (Å²) in [5.41, 5.74) is 4.33. The van der Waals surface area contributed by atoms with Gasteiger partial charge in [-0.1, -0.05) is 23.9 Å². The van der Waals surface area contributed by atoms with Crippen LogP contribution in [0.2, 0.25) is 0 Å². The van der Waals surface area contributed by atoms with Gasteiger partial charge in [-0.3, -0.25) is 4.90 Å². The monoisotopic (exact) mass is 356 g/mol. The molecule has 140 valence electrons. The van der Waals surface area contributed by atoms with Crippen molar-refractivity contribution in [3.63, 3.8) is 0 Å². The lowest BCUT2D eigenvalue weighted by Gasteiger charge is -2.26. The van der Waals surface area contributed by atoms with Crippen molar-refractivity contribution >= 4 is 0 Å². The van der Waals surface area contributed by atoms with E-state index in [1.165, 1.54) is 12.0 Å². The van der Waals surface area contributed by atoms with E-state index in [4.69, 9.17) is 14.0 Å². The van der Waals surface area contributed by atoms with E-state index in [1.807, 2.05) is 32.9 Å². The summed E-state index contributed by atoms with van der Waals surface area (Å²) >= 11 is 0. The molecule has 1 aromatic carbocycles. The third-order valence-electron chi connectivity index (χ3n) is 4.90. The summed E-state index contributed by atoms with van der Waals surface area (Å²) in [7, 11) is 1.68. The zero-order valence-electron chi connectivity index (χ0n) is 16.2. The molecule has 26 heavy (non-hydrogen) atoms. The van der Waals surface area contributed by atoms with Crippen LogP contribution >= 0.6 is 0 Å². The molecule has 0 radical (unpaired) electrons. The van der Waals surface area contributed by atoms with Crippen LogP contribution in [0, 0.1) is 13.8 Å². The minimum atomic E-state index is 0.335. The molecule has 2 heterocycles. The second kappa shape index (κ2) is 7.96. The molecular weight excluding hydrogens is 328 g/mol.